The normalized spacial score (nSPS) is 14.0. The summed E-state index contributed by atoms with van der Waals surface area (Å²) < 4.78 is 0. The van der Waals surface area contributed by atoms with Gasteiger partial charge in [-0.3, -0.25) is 0 Å². The monoisotopic (exact) mass is 532 g/mol. The number of rotatable bonds is 2. The summed E-state index contributed by atoms with van der Waals surface area (Å²) in [5.41, 5.74) is 14.3. The molecule has 0 spiro atoms. The van der Waals surface area contributed by atoms with Crippen LogP contribution in [0.4, 0.5) is 34.1 Å². The van der Waals surface area contributed by atoms with Gasteiger partial charge in [0.15, 0.2) is 0 Å². The van der Waals surface area contributed by atoms with Gasteiger partial charge in [-0.05, 0) is 86.9 Å². The third kappa shape index (κ3) is 4.10. The molecule has 2 aliphatic heterocycles. The minimum Gasteiger partial charge on any atom is -0.311 e. The van der Waals surface area contributed by atoms with Crippen LogP contribution in [0.1, 0.15) is 52.7 Å². The highest BCUT2D eigenvalue weighted by molar-refractivity contribution is 7.00. The second-order valence-corrected chi connectivity index (χ2v) is 13.5. The minimum atomic E-state index is 0.0513. The van der Waals surface area contributed by atoms with E-state index < -0.39 is 0 Å². The van der Waals surface area contributed by atoms with Crippen LogP contribution in [0.2, 0.25) is 0 Å². The van der Waals surface area contributed by atoms with E-state index in [-0.39, 0.29) is 17.5 Å². The molecular weight excluding hydrogens is 495 g/mol. The number of hydrogen-bond donors (Lipinski definition) is 0. The van der Waals surface area contributed by atoms with Gasteiger partial charge < -0.3 is 9.80 Å². The van der Waals surface area contributed by atoms with E-state index in [0.717, 1.165) is 0 Å². The van der Waals surface area contributed by atoms with Crippen molar-refractivity contribution in [2.45, 2.75) is 52.4 Å². The molecule has 0 saturated carbocycles. The largest absolute Gasteiger partial charge is 0.311 e. The van der Waals surface area contributed by atoms with Crippen LogP contribution in [0.15, 0.2) is 115 Å². The molecule has 0 aliphatic carbocycles. The van der Waals surface area contributed by atoms with Gasteiger partial charge >= 0.3 is 0 Å². The van der Waals surface area contributed by atoms with Crippen LogP contribution in [0, 0.1) is 0 Å². The molecule has 2 aliphatic rings. The van der Waals surface area contributed by atoms with Crippen molar-refractivity contribution in [2.75, 3.05) is 9.80 Å². The molecule has 0 amide bonds. The van der Waals surface area contributed by atoms with Crippen molar-refractivity contribution in [3.05, 3.63) is 126 Å². The van der Waals surface area contributed by atoms with Crippen LogP contribution in [0.25, 0.3) is 0 Å². The molecule has 3 heteroatoms. The average Bonchev–Trinajstić information content (AvgIpc) is 2.96. The smallest absolute Gasteiger partial charge is 0.252 e. The zero-order chi connectivity index (χ0) is 28.5. The van der Waals surface area contributed by atoms with E-state index in [9.17, 15) is 0 Å². The van der Waals surface area contributed by atoms with Crippen LogP contribution in [-0.4, -0.2) is 6.71 Å². The topological polar surface area (TPSA) is 6.48 Å². The first-order valence-electron chi connectivity index (χ1n) is 14.7. The van der Waals surface area contributed by atoms with Gasteiger partial charge in [0.25, 0.3) is 6.71 Å². The fourth-order valence-electron chi connectivity index (χ4n) is 6.57. The number of anilines is 6. The lowest BCUT2D eigenvalue weighted by atomic mass is 9.33. The van der Waals surface area contributed by atoms with Crippen molar-refractivity contribution in [3.63, 3.8) is 0 Å². The second kappa shape index (κ2) is 9.14. The highest BCUT2D eigenvalue weighted by atomic mass is 15.2. The third-order valence-corrected chi connectivity index (χ3v) is 8.76. The molecule has 0 N–H and O–H groups in total. The Hall–Kier alpha value is -4.24. The molecule has 0 unspecified atom stereocenters. The van der Waals surface area contributed by atoms with Gasteiger partial charge in [-0.15, -0.1) is 0 Å². The summed E-state index contributed by atoms with van der Waals surface area (Å²) in [6, 6.07) is 42.9. The summed E-state index contributed by atoms with van der Waals surface area (Å²) in [7, 11) is 0. The molecule has 2 heterocycles. The molecule has 41 heavy (non-hydrogen) atoms. The van der Waals surface area contributed by atoms with Crippen LogP contribution in [-0.2, 0) is 10.8 Å². The standard InChI is InChI=1S/C38H37BN2/c1-37(2,3)26-20-22-30-34(24-26)40(28-14-9-7-10-15-28)32-18-13-19-33-36(32)39(30)31-23-21-27(38(4,5)6)25-35(31)41(33)29-16-11-8-12-17-29/h7-25H,1-6H3. The lowest BCUT2D eigenvalue weighted by Gasteiger charge is -2.44. The minimum absolute atomic E-state index is 0.0513. The fraction of sp³-hybridized carbons (Fsp3) is 0.211. The van der Waals surface area contributed by atoms with E-state index in [0.29, 0.717) is 0 Å². The Morgan fingerprint density at radius 1 is 0.439 bits per heavy atom. The number of benzene rings is 5. The van der Waals surface area contributed by atoms with E-state index in [1.807, 2.05) is 0 Å². The molecule has 5 aromatic rings. The van der Waals surface area contributed by atoms with Crippen molar-refractivity contribution in [1.82, 2.24) is 0 Å². The number of nitrogens with zero attached hydrogens (tertiary/aromatic N) is 2. The van der Waals surface area contributed by atoms with Gasteiger partial charge in [0.05, 0.1) is 0 Å². The highest BCUT2D eigenvalue weighted by Gasteiger charge is 2.43. The molecule has 0 aromatic heterocycles. The van der Waals surface area contributed by atoms with E-state index in [1.165, 1.54) is 61.6 Å². The Balaban J connectivity index is 1.58. The molecule has 0 fully saturated rings. The van der Waals surface area contributed by atoms with Crippen molar-refractivity contribution < 1.29 is 0 Å². The predicted octanol–water partition coefficient (Wildman–Crippen LogP) is 8.36. The zero-order valence-corrected chi connectivity index (χ0v) is 24.9. The maximum Gasteiger partial charge on any atom is 0.252 e. The lowest BCUT2D eigenvalue weighted by molar-refractivity contribution is 0.590. The maximum absolute atomic E-state index is 2.48. The van der Waals surface area contributed by atoms with Crippen molar-refractivity contribution in [2.24, 2.45) is 0 Å². The molecule has 0 radical (unpaired) electrons. The maximum atomic E-state index is 2.48. The van der Waals surface area contributed by atoms with Gasteiger partial charge in [0, 0.05) is 34.1 Å². The van der Waals surface area contributed by atoms with Crippen LogP contribution in [0.5, 0.6) is 0 Å². The summed E-state index contributed by atoms with van der Waals surface area (Å²) in [5.74, 6) is 0. The Bertz CT molecular complexity index is 1630. The van der Waals surface area contributed by atoms with Gasteiger partial charge in [-0.25, -0.2) is 0 Å². The van der Waals surface area contributed by atoms with Crippen LogP contribution < -0.4 is 26.2 Å². The first kappa shape index (κ1) is 25.7. The van der Waals surface area contributed by atoms with Crippen molar-refractivity contribution in [3.8, 4) is 0 Å². The van der Waals surface area contributed by atoms with E-state index >= 15 is 0 Å². The molecule has 0 atom stereocenters. The predicted molar refractivity (Wildman–Crippen MR) is 178 cm³/mol. The summed E-state index contributed by atoms with van der Waals surface area (Å²) in [6.07, 6.45) is 0. The van der Waals surface area contributed by atoms with E-state index in [2.05, 4.69) is 167 Å². The van der Waals surface area contributed by atoms with Crippen LogP contribution in [0.3, 0.4) is 0 Å². The first-order chi connectivity index (χ1) is 19.6. The SMILES string of the molecule is CC(C)(C)c1ccc2c(c1)N(c1ccccc1)c1cccc3c1B2c1ccc(C(C)(C)C)cc1N3c1ccccc1. The third-order valence-electron chi connectivity index (χ3n) is 8.76. The van der Waals surface area contributed by atoms with E-state index in [4.69, 9.17) is 0 Å². The van der Waals surface area contributed by atoms with Crippen molar-refractivity contribution in [1.29, 1.82) is 0 Å². The lowest BCUT2D eigenvalue weighted by Crippen LogP contribution is -2.61. The van der Waals surface area contributed by atoms with Gasteiger partial charge in [-0.1, -0.05) is 108 Å². The fourth-order valence-corrected chi connectivity index (χ4v) is 6.57. The summed E-state index contributed by atoms with van der Waals surface area (Å²) in [6.45, 7) is 14.0. The number of fused-ring (bicyclic) bond motifs is 4. The highest BCUT2D eigenvalue weighted by Crippen LogP contribution is 2.45. The summed E-state index contributed by atoms with van der Waals surface area (Å²) >= 11 is 0. The molecule has 0 saturated heterocycles. The Morgan fingerprint density at radius 3 is 1.24 bits per heavy atom. The molecular formula is C38H37BN2. The molecule has 5 aromatic carbocycles. The quantitative estimate of drug-likeness (QED) is 0.207. The molecule has 7 rings (SSSR count). The number of para-hydroxylation sites is 2. The molecule has 2 nitrogen and oxygen atoms in total. The first-order valence-corrected chi connectivity index (χ1v) is 14.7. The average molecular weight is 533 g/mol. The summed E-state index contributed by atoms with van der Waals surface area (Å²) in [5, 5.41) is 0. The molecule has 202 valence electrons. The Labute approximate surface area is 245 Å². The van der Waals surface area contributed by atoms with Gasteiger partial charge in [0.2, 0.25) is 0 Å². The number of hydrogen-bond acceptors (Lipinski definition) is 2. The van der Waals surface area contributed by atoms with Gasteiger partial charge in [-0.2, -0.15) is 0 Å². The Morgan fingerprint density at radius 2 is 0.854 bits per heavy atom. The molecule has 0 bridgehead atoms. The zero-order valence-electron chi connectivity index (χ0n) is 24.9. The van der Waals surface area contributed by atoms with Crippen LogP contribution >= 0.6 is 0 Å². The van der Waals surface area contributed by atoms with E-state index in [1.54, 1.807) is 0 Å². The van der Waals surface area contributed by atoms with Gasteiger partial charge in [0.1, 0.15) is 0 Å². The second-order valence-electron chi connectivity index (χ2n) is 13.5. The Kier molecular flexibility index (Phi) is 5.73. The van der Waals surface area contributed by atoms with Crippen molar-refractivity contribution >= 4 is 57.2 Å². The summed E-state index contributed by atoms with van der Waals surface area (Å²) in [4.78, 5) is 4.97.